The smallest absolute Gasteiger partial charge is 0.00891 e. The summed E-state index contributed by atoms with van der Waals surface area (Å²) in [5.41, 5.74) is 0. The topological polar surface area (TPSA) is 3.24 Å². The van der Waals surface area contributed by atoms with E-state index in [4.69, 9.17) is 0 Å². The van der Waals surface area contributed by atoms with E-state index in [-0.39, 0.29) is 37.7 Å². The summed E-state index contributed by atoms with van der Waals surface area (Å²) in [4.78, 5) is 2.36. The van der Waals surface area contributed by atoms with Gasteiger partial charge in [-0.25, -0.2) is 0 Å². The van der Waals surface area contributed by atoms with Crippen molar-refractivity contribution in [2.75, 3.05) is 14.1 Å². The minimum atomic E-state index is 0. The van der Waals surface area contributed by atoms with Gasteiger partial charge in [-0.1, -0.05) is 19.3 Å². The van der Waals surface area contributed by atoms with Gasteiger partial charge in [0, 0.05) is 43.8 Å². The van der Waals surface area contributed by atoms with Gasteiger partial charge in [0.1, 0.15) is 0 Å². The van der Waals surface area contributed by atoms with Gasteiger partial charge < -0.3 is 4.90 Å². The van der Waals surface area contributed by atoms with Crippen LogP contribution in [0.2, 0.25) is 0 Å². The predicted octanol–water partition coefficient (Wildman–Crippen LogP) is 1.88. The van der Waals surface area contributed by atoms with Crippen LogP contribution in [-0.2, 0) is 0 Å². The molecule has 0 unspecified atom stereocenters. The van der Waals surface area contributed by atoms with E-state index < -0.39 is 0 Å². The Labute approximate surface area is 94.2 Å². The molecule has 1 rings (SSSR count). The van der Waals surface area contributed by atoms with Gasteiger partial charge in [0.25, 0.3) is 0 Å². The fourth-order valence-electron chi connectivity index (χ4n) is 1.60. The van der Waals surface area contributed by atoms with Crippen LogP contribution in [0.15, 0.2) is 0 Å². The zero-order valence-electron chi connectivity index (χ0n) is 6.91. The summed E-state index contributed by atoms with van der Waals surface area (Å²) in [5, 5.41) is 0. The van der Waals surface area contributed by atoms with Crippen molar-refractivity contribution in [3.63, 3.8) is 0 Å². The van der Waals surface area contributed by atoms with Gasteiger partial charge in [0.15, 0.2) is 0 Å². The molecule has 0 atom stereocenters. The van der Waals surface area contributed by atoms with E-state index in [2.05, 4.69) is 19.0 Å². The van der Waals surface area contributed by atoms with Crippen LogP contribution in [0.3, 0.4) is 0 Å². The van der Waals surface area contributed by atoms with Gasteiger partial charge in [-0.2, -0.15) is 0 Å². The van der Waals surface area contributed by atoms with E-state index in [9.17, 15) is 0 Å². The Morgan fingerprint density at radius 3 is 1.80 bits per heavy atom. The Hall–Kier alpha value is 1.22. The third-order valence-corrected chi connectivity index (χ3v) is 2.30. The Bertz CT molecular complexity index is 77.3. The van der Waals surface area contributed by atoms with Gasteiger partial charge in [-0.3, -0.25) is 0 Å². The van der Waals surface area contributed by atoms with Crippen LogP contribution < -0.4 is 0 Å². The molecule has 1 saturated carbocycles. The van der Waals surface area contributed by atoms with Crippen molar-refractivity contribution in [1.29, 1.82) is 0 Å². The fourth-order valence-corrected chi connectivity index (χ4v) is 1.60. The Morgan fingerprint density at radius 2 is 1.50 bits per heavy atom. The second-order valence-electron chi connectivity index (χ2n) is 3.26. The third kappa shape index (κ3) is 3.56. The van der Waals surface area contributed by atoms with Crippen LogP contribution >= 0.6 is 0 Å². The molecule has 0 saturated heterocycles. The zero-order valence-corrected chi connectivity index (χ0v) is 7.62. The molecular formula is C8H17ArN. The molecule has 2 heteroatoms. The van der Waals surface area contributed by atoms with Crippen molar-refractivity contribution >= 4 is 0 Å². The summed E-state index contributed by atoms with van der Waals surface area (Å²) >= 11 is 0. The first-order valence-electron chi connectivity index (χ1n) is 3.97. The molecule has 1 aliphatic rings. The predicted molar refractivity (Wildman–Crippen MR) is 40.6 cm³/mol. The molecule has 0 bridgehead atoms. The van der Waals surface area contributed by atoms with Gasteiger partial charge in [-0.05, 0) is 26.9 Å². The summed E-state index contributed by atoms with van der Waals surface area (Å²) in [6, 6.07) is 0.888. The van der Waals surface area contributed by atoms with Gasteiger partial charge in [0.2, 0.25) is 0 Å². The van der Waals surface area contributed by atoms with Crippen LogP contribution in [-0.4, -0.2) is 25.0 Å². The number of hydrogen-bond acceptors (Lipinski definition) is 1. The van der Waals surface area contributed by atoms with Crippen molar-refractivity contribution in [2.24, 2.45) is 0 Å². The fraction of sp³-hybridized carbons (Fsp3) is 1.00. The second kappa shape index (κ2) is 5.82. The summed E-state index contributed by atoms with van der Waals surface area (Å²) in [6.45, 7) is 0. The van der Waals surface area contributed by atoms with Crippen molar-refractivity contribution in [3.8, 4) is 0 Å². The molecule has 10 heavy (non-hydrogen) atoms. The minimum Gasteiger partial charge on any atom is -0.306 e. The molecule has 1 aliphatic carbocycles. The van der Waals surface area contributed by atoms with Gasteiger partial charge in [-0.15, -0.1) is 0 Å². The van der Waals surface area contributed by atoms with Crippen LogP contribution in [0.25, 0.3) is 0 Å². The molecule has 1 nitrogen and oxygen atoms in total. The Kier molecular flexibility index (Phi) is 6.53. The first-order valence-corrected chi connectivity index (χ1v) is 3.97. The van der Waals surface area contributed by atoms with E-state index in [0.29, 0.717) is 0 Å². The minimum absolute atomic E-state index is 0. The second-order valence-corrected chi connectivity index (χ2v) is 3.26. The van der Waals surface area contributed by atoms with Crippen LogP contribution in [0.1, 0.15) is 32.1 Å². The van der Waals surface area contributed by atoms with Crippen LogP contribution in [0.5, 0.6) is 0 Å². The maximum Gasteiger partial charge on any atom is 0.00891 e. The molecular weight excluding hydrogens is 150 g/mol. The number of hydrogen-bond donors (Lipinski definition) is 0. The average molecular weight is 167 g/mol. The van der Waals surface area contributed by atoms with Crippen molar-refractivity contribution in [3.05, 3.63) is 0 Å². The van der Waals surface area contributed by atoms with Crippen molar-refractivity contribution < 1.29 is 37.7 Å². The first-order chi connectivity index (χ1) is 4.30. The van der Waals surface area contributed by atoms with Gasteiger partial charge in [0.05, 0.1) is 0 Å². The molecule has 62 valence electrons. The molecule has 0 radical (unpaired) electrons. The normalized spacial score (nSPS) is 20.7. The van der Waals surface area contributed by atoms with Crippen molar-refractivity contribution in [1.82, 2.24) is 4.90 Å². The molecule has 0 heterocycles. The summed E-state index contributed by atoms with van der Waals surface area (Å²) in [6.07, 6.45) is 7.20. The van der Waals surface area contributed by atoms with E-state index in [1.54, 1.807) is 0 Å². The molecule has 0 aromatic heterocycles. The third-order valence-electron chi connectivity index (χ3n) is 2.30. The average Bonchev–Trinajstić information content (AvgIpc) is 1.90. The standard InChI is InChI=1S/C8H17N.Ar/c1-9(2)8-6-4-3-5-7-8;/h8H,3-7H2,1-2H3;. The molecule has 0 aromatic rings. The number of rotatable bonds is 1. The maximum absolute atomic E-state index is 2.36. The van der Waals surface area contributed by atoms with E-state index in [1.807, 2.05) is 0 Å². The van der Waals surface area contributed by atoms with E-state index >= 15 is 0 Å². The van der Waals surface area contributed by atoms with Crippen LogP contribution in [0, 0.1) is 37.7 Å². The Balaban J connectivity index is 0.000000810. The molecule has 0 N–H and O–H groups in total. The van der Waals surface area contributed by atoms with E-state index in [0.717, 1.165) is 6.04 Å². The summed E-state index contributed by atoms with van der Waals surface area (Å²) in [7, 11) is 4.38. The molecule has 0 spiro atoms. The monoisotopic (exact) mass is 167 g/mol. The molecule has 0 amide bonds. The first kappa shape index (κ1) is 11.2. The van der Waals surface area contributed by atoms with Crippen molar-refractivity contribution in [2.45, 2.75) is 38.1 Å². The summed E-state index contributed by atoms with van der Waals surface area (Å²) < 4.78 is 0. The van der Waals surface area contributed by atoms with Gasteiger partial charge >= 0.3 is 0 Å². The quantitative estimate of drug-likeness (QED) is 0.576. The maximum atomic E-state index is 2.36. The molecule has 0 aliphatic heterocycles. The molecule has 0 aromatic carbocycles. The SMILES string of the molecule is CN(C)C1CCCCC1.[Ar]. The summed E-state index contributed by atoms with van der Waals surface area (Å²) in [5.74, 6) is 0. The Morgan fingerprint density at radius 1 is 1.00 bits per heavy atom. The number of nitrogens with zero attached hydrogens (tertiary/aromatic N) is 1. The largest absolute Gasteiger partial charge is 0.306 e. The molecule has 1 fully saturated rings. The van der Waals surface area contributed by atoms with E-state index in [1.165, 1.54) is 32.1 Å². The zero-order chi connectivity index (χ0) is 6.69. The van der Waals surface area contributed by atoms with Crippen LogP contribution in [0.4, 0.5) is 0 Å².